The highest BCUT2D eigenvalue weighted by Crippen LogP contribution is 2.33. The van der Waals surface area contributed by atoms with Crippen molar-refractivity contribution in [2.24, 2.45) is 0 Å². The second-order valence-electron chi connectivity index (χ2n) is 5.13. The molecule has 3 N–H and O–H groups in total. The molecule has 0 saturated carbocycles. The zero-order valence-electron chi connectivity index (χ0n) is 12.8. The molecule has 0 atom stereocenters. The minimum Gasteiger partial charge on any atom is -0.326 e. The summed E-state index contributed by atoms with van der Waals surface area (Å²) in [5.41, 5.74) is 0.993. The van der Waals surface area contributed by atoms with Gasteiger partial charge in [-0.05, 0) is 44.5 Å². The summed E-state index contributed by atoms with van der Waals surface area (Å²) in [6.07, 6.45) is -4.44. The molecule has 8 heteroatoms. The van der Waals surface area contributed by atoms with Crippen LogP contribution in [0.5, 0.6) is 0 Å². The van der Waals surface area contributed by atoms with E-state index in [1.54, 1.807) is 19.9 Å². The highest BCUT2D eigenvalue weighted by molar-refractivity contribution is 6.00. The first-order valence-electron chi connectivity index (χ1n) is 6.78. The van der Waals surface area contributed by atoms with Crippen LogP contribution < -0.4 is 10.6 Å². The maximum Gasteiger partial charge on any atom is 0.416 e. The SMILES string of the molecule is Cc1cc(C)nc(NC(=N)Nc2ccc(C)c(C(F)(F)F)c2)n1. The van der Waals surface area contributed by atoms with Crippen LogP contribution in [-0.4, -0.2) is 15.9 Å². The third-order valence-corrected chi connectivity index (χ3v) is 3.03. The van der Waals surface area contributed by atoms with E-state index in [0.29, 0.717) is 0 Å². The molecule has 23 heavy (non-hydrogen) atoms. The number of nitrogens with one attached hydrogen (secondary N) is 3. The van der Waals surface area contributed by atoms with Crippen LogP contribution in [-0.2, 0) is 6.18 Å². The molecule has 122 valence electrons. The van der Waals surface area contributed by atoms with Crippen LogP contribution in [0.3, 0.4) is 0 Å². The lowest BCUT2D eigenvalue weighted by Crippen LogP contribution is -2.22. The Labute approximate surface area is 131 Å². The fraction of sp³-hybridized carbons (Fsp3) is 0.267. The zero-order valence-corrected chi connectivity index (χ0v) is 12.8. The average molecular weight is 323 g/mol. The average Bonchev–Trinajstić information content (AvgIpc) is 2.38. The predicted octanol–water partition coefficient (Wildman–Crippen LogP) is 3.88. The van der Waals surface area contributed by atoms with Gasteiger partial charge in [0.25, 0.3) is 0 Å². The molecule has 0 aliphatic heterocycles. The molecule has 0 saturated heterocycles. The van der Waals surface area contributed by atoms with Crippen molar-refractivity contribution in [3.05, 3.63) is 46.8 Å². The van der Waals surface area contributed by atoms with Gasteiger partial charge in [0.05, 0.1) is 5.56 Å². The Morgan fingerprint density at radius 1 is 1.00 bits per heavy atom. The van der Waals surface area contributed by atoms with E-state index < -0.39 is 11.7 Å². The fourth-order valence-electron chi connectivity index (χ4n) is 2.07. The van der Waals surface area contributed by atoms with Crippen LogP contribution in [0.1, 0.15) is 22.5 Å². The summed E-state index contributed by atoms with van der Waals surface area (Å²) in [7, 11) is 0. The summed E-state index contributed by atoms with van der Waals surface area (Å²) in [4.78, 5) is 8.21. The molecule has 5 nitrogen and oxygen atoms in total. The maximum atomic E-state index is 12.9. The Balaban J connectivity index is 2.14. The molecular formula is C15H16F3N5. The lowest BCUT2D eigenvalue weighted by Gasteiger charge is -2.14. The molecule has 0 amide bonds. The van der Waals surface area contributed by atoms with Crippen molar-refractivity contribution in [3.63, 3.8) is 0 Å². The van der Waals surface area contributed by atoms with Crippen molar-refractivity contribution < 1.29 is 13.2 Å². The highest BCUT2D eigenvalue weighted by Gasteiger charge is 2.32. The van der Waals surface area contributed by atoms with Crippen LogP contribution in [0.15, 0.2) is 24.3 Å². The molecular weight excluding hydrogens is 307 g/mol. The number of guanidine groups is 1. The molecule has 0 spiro atoms. The van der Waals surface area contributed by atoms with Gasteiger partial charge in [-0.15, -0.1) is 0 Å². The summed E-state index contributed by atoms with van der Waals surface area (Å²) in [6, 6.07) is 5.57. The largest absolute Gasteiger partial charge is 0.416 e. The standard InChI is InChI=1S/C15H16F3N5/c1-8-4-5-11(7-12(8)15(16,17)18)22-13(19)23-14-20-9(2)6-10(3)21-14/h4-7H,1-3H3,(H3,19,20,21,22,23). The van der Waals surface area contributed by atoms with Crippen molar-refractivity contribution in [3.8, 4) is 0 Å². The first kappa shape index (κ1) is 16.7. The molecule has 2 rings (SSSR count). The zero-order chi connectivity index (χ0) is 17.2. The van der Waals surface area contributed by atoms with Gasteiger partial charge < -0.3 is 5.32 Å². The third kappa shape index (κ3) is 4.41. The Morgan fingerprint density at radius 2 is 1.61 bits per heavy atom. The number of benzene rings is 1. The van der Waals surface area contributed by atoms with Crippen molar-refractivity contribution in [2.75, 3.05) is 10.6 Å². The molecule has 0 unspecified atom stereocenters. The second-order valence-corrected chi connectivity index (χ2v) is 5.13. The first-order valence-corrected chi connectivity index (χ1v) is 6.78. The third-order valence-electron chi connectivity index (χ3n) is 3.03. The quantitative estimate of drug-likeness (QED) is 0.579. The number of hydrogen-bond acceptors (Lipinski definition) is 3. The summed E-state index contributed by atoms with van der Waals surface area (Å²) in [5.74, 6) is -0.00451. The lowest BCUT2D eigenvalue weighted by atomic mass is 10.1. The topological polar surface area (TPSA) is 73.7 Å². The lowest BCUT2D eigenvalue weighted by molar-refractivity contribution is -0.138. The summed E-state index contributed by atoms with van der Waals surface area (Å²) in [5, 5.41) is 13.0. The van der Waals surface area contributed by atoms with E-state index in [-0.39, 0.29) is 23.2 Å². The Kier molecular flexibility index (Phi) is 4.53. The maximum absolute atomic E-state index is 12.9. The van der Waals surface area contributed by atoms with Crippen LogP contribution >= 0.6 is 0 Å². The molecule has 1 aromatic heterocycles. The van der Waals surface area contributed by atoms with Crippen molar-refractivity contribution in [2.45, 2.75) is 26.9 Å². The van der Waals surface area contributed by atoms with Gasteiger partial charge in [0.1, 0.15) is 0 Å². The number of aromatic nitrogens is 2. The Hall–Kier alpha value is -2.64. The number of hydrogen-bond donors (Lipinski definition) is 3. The molecule has 0 aliphatic carbocycles. The number of nitrogens with zero attached hydrogens (tertiary/aromatic N) is 2. The number of alkyl halides is 3. The van der Waals surface area contributed by atoms with Gasteiger partial charge in [-0.25, -0.2) is 9.97 Å². The van der Waals surface area contributed by atoms with Crippen molar-refractivity contribution in [1.29, 1.82) is 5.41 Å². The number of rotatable bonds is 2. The monoisotopic (exact) mass is 323 g/mol. The van der Waals surface area contributed by atoms with Crippen molar-refractivity contribution in [1.82, 2.24) is 9.97 Å². The molecule has 0 radical (unpaired) electrons. The van der Waals surface area contributed by atoms with E-state index in [0.717, 1.165) is 17.5 Å². The van der Waals surface area contributed by atoms with E-state index in [9.17, 15) is 13.2 Å². The van der Waals surface area contributed by atoms with Crippen LogP contribution in [0.2, 0.25) is 0 Å². The van der Waals surface area contributed by atoms with Crippen molar-refractivity contribution >= 4 is 17.6 Å². The molecule has 0 fully saturated rings. The smallest absolute Gasteiger partial charge is 0.326 e. The number of aryl methyl sites for hydroxylation is 3. The summed E-state index contributed by atoms with van der Waals surface area (Å²) in [6.45, 7) is 4.96. The predicted molar refractivity (Wildman–Crippen MR) is 82.7 cm³/mol. The van der Waals surface area contributed by atoms with Gasteiger partial charge in [-0.1, -0.05) is 6.07 Å². The summed E-state index contributed by atoms with van der Waals surface area (Å²) < 4.78 is 38.7. The van der Waals surface area contributed by atoms with Gasteiger partial charge in [0.2, 0.25) is 5.95 Å². The van der Waals surface area contributed by atoms with Gasteiger partial charge >= 0.3 is 6.18 Å². The van der Waals surface area contributed by atoms with Gasteiger partial charge in [0.15, 0.2) is 5.96 Å². The molecule has 0 bridgehead atoms. The molecule has 1 heterocycles. The molecule has 1 aromatic carbocycles. The van der Waals surface area contributed by atoms with Crippen LogP contribution in [0, 0.1) is 26.2 Å². The normalized spacial score (nSPS) is 11.2. The van der Waals surface area contributed by atoms with Gasteiger partial charge in [-0.3, -0.25) is 10.7 Å². The second kappa shape index (κ2) is 6.23. The van der Waals surface area contributed by atoms with E-state index in [2.05, 4.69) is 20.6 Å². The van der Waals surface area contributed by atoms with E-state index in [1.807, 2.05) is 0 Å². The minimum absolute atomic E-state index is 0.125. The Morgan fingerprint density at radius 3 is 2.17 bits per heavy atom. The summed E-state index contributed by atoms with van der Waals surface area (Å²) >= 11 is 0. The molecule has 2 aromatic rings. The minimum atomic E-state index is -4.44. The van der Waals surface area contributed by atoms with Crippen LogP contribution in [0.4, 0.5) is 24.8 Å². The van der Waals surface area contributed by atoms with Gasteiger partial charge in [-0.2, -0.15) is 13.2 Å². The first-order chi connectivity index (χ1) is 10.6. The van der Waals surface area contributed by atoms with E-state index >= 15 is 0 Å². The van der Waals surface area contributed by atoms with Gasteiger partial charge in [0, 0.05) is 17.1 Å². The molecule has 0 aliphatic rings. The van der Waals surface area contributed by atoms with Crippen LogP contribution in [0.25, 0.3) is 0 Å². The fourth-order valence-corrected chi connectivity index (χ4v) is 2.07. The Bertz CT molecular complexity index is 720. The van der Waals surface area contributed by atoms with E-state index in [1.165, 1.54) is 19.1 Å². The number of halogens is 3. The highest BCUT2D eigenvalue weighted by atomic mass is 19.4. The van der Waals surface area contributed by atoms with E-state index in [4.69, 9.17) is 5.41 Å². The number of anilines is 2.